The molecule has 4 aromatic rings. The predicted octanol–water partition coefficient (Wildman–Crippen LogP) is 6.75. The number of benzene rings is 3. The molecule has 300 valence electrons. The molecule has 2 amide bonds. The third-order valence-corrected chi connectivity index (χ3v) is 11.2. The van der Waals surface area contributed by atoms with E-state index < -0.39 is 57.7 Å². The summed E-state index contributed by atoms with van der Waals surface area (Å²) in [6.07, 6.45) is -3.02. The van der Waals surface area contributed by atoms with Crippen molar-refractivity contribution in [3.63, 3.8) is 0 Å². The average molecular weight is 800 g/mol. The second-order valence-corrected chi connectivity index (χ2v) is 16.1. The number of hydrogen-bond donors (Lipinski definition) is 3. The molecule has 4 N–H and O–H groups in total. The Hall–Kier alpha value is -5.58. The number of esters is 1. The molecule has 1 fully saturated rings. The number of sulfone groups is 1. The number of nitrogens with one attached hydrogen (secondary N) is 2. The molecule has 2 heterocycles. The second kappa shape index (κ2) is 17.1. The minimum absolute atomic E-state index is 0.0248. The molecule has 0 spiro atoms. The number of fused-ring (bicyclic) bond motifs is 1. The summed E-state index contributed by atoms with van der Waals surface area (Å²) < 4.78 is 81.3. The summed E-state index contributed by atoms with van der Waals surface area (Å²) in [7, 11) is -3.96. The molecule has 0 aliphatic carbocycles. The van der Waals surface area contributed by atoms with Crippen LogP contribution in [0.5, 0.6) is 11.5 Å². The number of nitrogen functional groups attached to an aromatic ring is 1. The molecular weight excluding hydrogens is 756 g/mol. The first-order valence-electron chi connectivity index (χ1n) is 18.0. The molecule has 0 unspecified atom stereocenters. The number of nitrogens with zero attached hydrogens (tertiary/aromatic N) is 2. The number of carbonyl (C=O) groups is 3. The van der Waals surface area contributed by atoms with Crippen LogP contribution in [0.3, 0.4) is 0 Å². The first-order chi connectivity index (χ1) is 26.4. The Labute approximate surface area is 322 Å². The fraction of sp³-hybridized carbons (Fsp3) is 0.385. The van der Waals surface area contributed by atoms with E-state index in [0.29, 0.717) is 48.0 Å². The van der Waals surface area contributed by atoms with E-state index in [2.05, 4.69) is 20.4 Å². The van der Waals surface area contributed by atoms with Gasteiger partial charge in [-0.15, -0.1) is 0 Å². The highest BCUT2D eigenvalue weighted by atomic mass is 32.2. The fourth-order valence-electron chi connectivity index (χ4n) is 6.40. The lowest BCUT2D eigenvalue weighted by molar-refractivity contribution is -0.199. The SMILES string of the molecule is CCOc1cc([C@@H](Nc2ccc3c(N)nccc3c2)C(=O)N2CCC[C@@H]2c2cc(NC(=O)COC(=O)C(F)(F)F)ccc2S(=O)(=O)C(C)C)ccc1OC(C)C. The quantitative estimate of drug-likeness (QED) is 0.115. The van der Waals surface area contributed by atoms with Gasteiger partial charge in [-0.1, -0.05) is 6.07 Å². The van der Waals surface area contributed by atoms with E-state index in [0.717, 1.165) is 10.8 Å². The highest BCUT2D eigenvalue weighted by Gasteiger charge is 2.41. The topological polar surface area (TPSA) is 179 Å². The van der Waals surface area contributed by atoms with Crippen molar-refractivity contribution in [1.29, 1.82) is 0 Å². The van der Waals surface area contributed by atoms with Gasteiger partial charge in [0.1, 0.15) is 11.9 Å². The summed E-state index contributed by atoms with van der Waals surface area (Å²) in [4.78, 5) is 44.3. The second-order valence-electron chi connectivity index (χ2n) is 13.7. The van der Waals surface area contributed by atoms with Gasteiger partial charge in [-0.3, -0.25) is 9.59 Å². The molecular formula is C39H44F3N5O8S. The van der Waals surface area contributed by atoms with Crippen LogP contribution in [-0.4, -0.2) is 73.4 Å². The molecule has 56 heavy (non-hydrogen) atoms. The number of anilines is 3. The zero-order valence-corrected chi connectivity index (χ0v) is 32.3. The van der Waals surface area contributed by atoms with Crippen LogP contribution in [0.4, 0.5) is 30.4 Å². The van der Waals surface area contributed by atoms with Gasteiger partial charge in [-0.05, 0) is 119 Å². The summed E-state index contributed by atoms with van der Waals surface area (Å²) in [5.74, 6) is -2.77. The molecule has 1 aliphatic rings. The number of alkyl halides is 3. The molecule has 13 nitrogen and oxygen atoms in total. The number of aromatic nitrogens is 1. The third-order valence-electron chi connectivity index (χ3n) is 9.00. The van der Waals surface area contributed by atoms with Crippen molar-refractivity contribution < 1.29 is 50.2 Å². The third kappa shape index (κ3) is 9.44. The molecule has 3 aromatic carbocycles. The predicted molar refractivity (Wildman–Crippen MR) is 204 cm³/mol. The van der Waals surface area contributed by atoms with Gasteiger partial charge in [0.15, 0.2) is 27.9 Å². The van der Waals surface area contributed by atoms with Crippen LogP contribution in [0, 0.1) is 0 Å². The molecule has 0 bridgehead atoms. The van der Waals surface area contributed by atoms with Crippen molar-refractivity contribution in [1.82, 2.24) is 9.88 Å². The lowest BCUT2D eigenvalue weighted by Crippen LogP contribution is -2.38. The Morgan fingerprint density at radius 3 is 2.39 bits per heavy atom. The number of ether oxygens (including phenoxy) is 3. The lowest BCUT2D eigenvalue weighted by atomic mass is 10.00. The summed E-state index contributed by atoms with van der Waals surface area (Å²) >= 11 is 0. The van der Waals surface area contributed by atoms with Crippen LogP contribution >= 0.6 is 0 Å². The molecule has 5 rings (SSSR count). The number of pyridine rings is 1. The van der Waals surface area contributed by atoms with Gasteiger partial charge in [0.25, 0.3) is 5.91 Å². The van der Waals surface area contributed by atoms with E-state index in [-0.39, 0.29) is 28.8 Å². The molecule has 1 aromatic heterocycles. The number of nitrogens with two attached hydrogens (primary N) is 1. The highest BCUT2D eigenvalue weighted by Crippen LogP contribution is 2.41. The van der Waals surface area contributed by atoms with E-state index in [1.807, 2.05) is 26.8 Å². The van der Waals surface area contributed by atoms with Crippen molar-refractivity contribution in [3.8, 4) is 11.5 Å². The zero-order chi connectivity index (χ0) is 40.9. The van der Waals surface area contributed by atoms with Crippen molar-refractivity contribution in [2.24, 2.45) is 0 Å². The van der Waals surface area contributed by atoms with Crippen molar-refractivity contribution >= 4 is 55.6 Å². The Morgan fingerprint density at radius 1 is 0.982 bits per heavy atom. The monoisotopic (exact) mass is 799 g/mol. The van der Waals surface area contributed by atoms with E-state index in [1.54, 1.807) is 47.5 Å². The Kier molecular flexibility index (Phi) is 12.7. The number of hydrogen-bond acceptors (Lipinski definition) is 11. The van der Waals surface area contributed by atoms with Crippen LogP contribution in [0.15, 0.2) is 71.8 Å². The number of halogens is 3. The van der Waals surface area contributed by atoms with Crippen molar-refractivity contribution in [3.05, 3.63) is 78.0 Å². The maximum Gasteiger partial charge on any atom is 0.490 e. The van der Waals surface area contributed by atoms with Crippen LogP contribution in [-0.2, 0) is 29.0 Å². The van der Waals surface area contributed by atoms with Crippen LogP contribution in [0.25, 0.3) is 10.8 Å². The maximum atomic E-state index is 15.0. The normalized spacial score (nSPS) is 15.2. The number of rotatable bonds is 14. The smallest absolute Gasteiger partial charge is 0.490 e. The van der Waals surface area contributed by atoms with Gasteiger partial charge in [-0.25, -0.2) is 18.2 Å². The Balaban J connectivity index is 1.56. The van der Waals surface area contributed by atoms with Gasteiger partial charge >= 0.3 is 12.1 Å². The minimum Gasteiger partial charge on any atom is -0.490 e. The number of likely N-dealkylation sites (tertiary alicyclic amines) is 1. The lowest BCUT2D eigenvalue weighted by Gasteiger charge is -2.32. The van der Waals surface area contributed by atoms with Gasteiger partial charge in [0, 0.05) is 29.5 Å². The standard InChI is InChI=1S/C39H44F3N5O8S/c1-6-53-32-19-25(9-13-31(32)55-22(2)3)35(46-26-10-12-28-24(18-26)15-16-44-36(28)43)37(49)47-17-7-8-30(47)29-20-27(11-14-33(29)56(51,52)23(4)5)45-34(48)21-54-38(50)39(40,41)42/h9-16,18-20,22-23,30,35,46H,6-8,17,21H2,1-5H3,(H2,43,44)(H,45,48)/t30-,35-/m1/s1. The molecule has 1 aliphatic heterocycles. The fourth-order valence-corrected chi connectivity index (χ4v) is 7.69. The van der Waals surface area contributed by atoms with Crippen LogP contribution in [0.1, 0.15) is 70.7 Å². The van der Waals surface area contributed by atoms with E-state index in [4.69, 9.17) is 15.2 Å². The van der Waals surface area contributed by atoms with Crippen molar-refractivity contribution in [2.75, 3.05) is 36.1 Å². The van der Waals surface area contributed by atoms with E-state index in [9.17, 15) is 36.0 Å². The zero-order valence-electron chi connectivity index (χ0n) is 31.5. The maximum absolute atomic E-state index is 15.0. The molecule has 0 saturated carbocycles. The summed E-state index contributed by atoms with van der Waals surface area (Å²) in [5, 5.41) is 6.38. The largest absolute Gasteiger partial charge is 0.490 e. The van der Waals surface area contributed by atoms with E-state index >= 15 is 0 Å². The van der Waals surface area contributed by atoms with Gasteiger partial charge in [0.05, 0.1) is 28.9 Å². The molecule has 1 saturated heterocycles. The molecule has 0 radical (unpaired) electrons. The summed E-state index contributed by atoms with van der Waals surface area (Å²) in [6.45, 7) is 7.94. The number of amides is 2. The minimum atomic E-state index is -5.29. The highest BCUT2D eigenvalue weighted by molar-refractivity contribution is 7.92. The Morgan fingerprint density at radius 2 is 1.71 bits per heavy atom. The van der Waals surface area contributed by atoms with Gasteiger partial charge in [-0.2, -0.15) is 13.2 Å². The van der Waals surface area contributed by atoms with Gasteiger partial charge < -0.3 is 35.5 Å². The first kappa shape index (κ1) is 41.6. The average Bonchev–Trinajstić information content (AvgIpc) is 3.63. The number of carbonyl (C=O) groups excluding carboxylic acids is 3. The van der Waals surface area contributed by atoms with Crippen molar-refractivity contribution in [2.45, 2.75) is 82.0 Å². The molecule has 2 atom stereocenters. The van der Waals surface area contributed by atoms with E-state index in [1.165, 1.54) is 32.0 Å². The first-order valence-corrected chi connectivity index (χ1v) is 19.5. The Bertz CT molecular complexity index is 2210. The summed E-state index contributed by atoms with van der Waals surface area (Å²) in [5.41, 5.74) is 7.43. The van der Waals surface area contributed by atoms with Gasteiger partial charge in [0.2, 0.25) is 5.91 Å². The van der Waals surface area contributed by atoms with Crippen LogP contribution in [0.2, 0.25) is 0 Å². The van der Waals surface area contributed by atoms with Crippen LogP contribution < -0.4 is 25.8 Å². The summed E-state index contributed by atoms with van der Waals surface area (Å²) in [6, 6.07) is 14.5. The molecule has 17 heteroatoms.